The molecule has 1 aromatic heterocycles. The molecular formula is C9H16N4O3. The van der Waals surface area contributed by atoms with Gasteiger partial charge in [-0.3, -0.25) is 4.79 Å². The van der Waals surface area contributed by atoms with Gasteiger partial charge in [-0.2, -0.15) is 0 Å². The quantitative estimate of drug-likeness (QED) is 0.762. The maximum Gasteiger partial charge on any atom is 0.303 e. The van der Waals surface area contributed by atoms with Gasteiger partial charge in [0.05, 0.1) is 0 Å². The third-order valence-electron chi connectivity index (χ3n) is 2.28. The molecule has 0 aromatic carbocycles. The highest BCUT2D eigenvalue weighted by atomic mass is 16.5. The minimum Gasteiger partial charge on any atom is -0.481 e. The minimum atomic E-state index is -0.818. The molecule has 0 aliphatic carbocycles. The van der Waals surface area contributed by atoms with E-state index in [4.69, 9.17) is 9.84 Å². The first-order chi connectivity index (χ1) is 7.54. The van der Waals surface area contributed by atoms with Gasteiger partial charge in [-0.05, 0) is 23.3 Å². The Morgan fingerprint density at radius 1 is 1.56 bits per heavy atom. The van der Waals surface area contributed by atoms with Crippen LogP contribution < -0.4 is 0 Å². The second-order valence-corrected chi connectivity index (χ2v) is 3.80. The van der Waals surface area contributed by atoms with Gasteiger partial charge in [-0.1, -0.05) is 6.92 Å². The Labute approximate surface area is 93.4 Å². The van der Waals surface area contributed by atoms with Crippen LogP contribution in [0.3, 0.4) is 0 Å². The summed E-state index contributed by atoms with van der Waals surface area (Å²) in [6.07, 6.45) is -0.104. The molecule has 0 spiro atoms. The predicted molar refractivity (Wildman–Crippen MR) is 54.7 cm³/mol. The minimum absolute atomic E-state index is 0.0243. The molecule has 1 rings (SSSR count). The first kappa shape index (κ1) is 12.6. The van der Waals surface area contributed by atoms with Crippen molar-refractivity contribution in [3.8, 4) is 0 Å². The first-order valence-electron chi connectivity index (χ1n) is 5.05. The number of carboxylic acid groups (broad SMARTS) is 1. The topological polar surface area (TPSA) is 90.1 Å². The van der Waals surface area contributed by atoms with Crippen molar-refractivity contribution in [3.63, 3.8) is 0 Å². The smallest absolute Gasteiger partial charge is 0.303 e. The molecule has 2 atom stereocenters. The molecule has 7 nitrogen and oxygen atoms in total. The highest BCUT2D eigenvalue weighted by molar-refractivity contribution is 5.66. The van der Waals surface area contributed by atoms with Crippen molar-refractivity contribution in [2.45, 2.75) is 32.9 Å². The number of carboxylic acids is 1. The number of aromatic nitrogens is 4. The highest BCUT2D eigenvalue weighted by Crippen LogP contribution is 2.13. The highest BCUT2D eigenvalue weighted by Gasteiger charge is 2.16. The van der Waals surface area contributed by atoms with Gasteiger partial charge in [0, 0.05) is 20.1 Å². The van der Waals surface area contributed by atoms with Gasteiger partial charge < -0.3 is 9.84 Å². The normalized spacial score (nSPS) is 14.7. The molecule has 90 valence electrons. The summed E-state index contributed by atoms with van der Waals surface area (Å²) in [5.41, 5.74) is 0. The second kappa shape index (κ2) is 5.55. The number of aliphatic carboxylic acids is 1. The molecule has 7 heteroatoms. The molecule has 0 radical (unpaired) electrons. The van der Waals surface area contributed by atoms with Crippen molar-refractivity contribution in [2.24, 2.45) is 5.92 Å². The molecule has 0 amide bonds. The average Bonchev–Trinajstić information content (AvgIpc) is 2.63. The van der Waals surface area contributed by atoms with E-state index in [-0.39, 0.29) is 18.4 Å². The lowest BCUT2D eigenvalue weighted by atomic mass is 10.1. The Kier molecular flexibility index (Phi) is 4.36. The number of carbonyl (C=O) groups is 1. The summed E-state index contributed by atoms with van der Waals surface area (Å²) in [7, 11) is 1.57. The molecule has 1 heterocycles. The van der Waals surface area contributed by atoms with Crippen LogP contribution >= 0.6 is 0 Å². The number of hydrogen-bond acceptors (Lipinski definition) is 5. The Bertz CT molecular complexity index is 352. The van der Waals surface area contributed by atoms with Crippen LogP contribution in [0.5, 0.6) is 0 Å². The van der Waals surface area contributed by atoms with Crippen LogP contribution in [0.15, 0.2) is 0 Å². The number of rotatable bonds is 6. The van der Waals surface area contributed by atoms with Gasteiger partial charge in [-0.25, -0.2) is 4.68 Å². The Morgan fingerprint density at radius 3 is 2.81 bits per heavy atom. The number of ether oxygens (including phenoxy) is 1. The fourth-order valence-electron chi connectivity index (χ4n) is 1.40. The number of hydrogen-bond donors (Lipinski definition) is 1. The lowest BCUT2D eigenvalue weighted by Gasteiger charge is -2.12. The third-order valence-corrected chi connectivity index (χ3v) is 2.28. The second-order valence-electron chi connectivity index (χ2n) is 3.80. The van der Waals surface area contributed by atoms with Gasteiger partial charge in [0.1, 0.15) is 6.10 Å². The maximum atomic E-state index is 10.5. The zero-order valence-electron chi connectivity index (χ0n) is 9.62. The fourth-order valence-corrected chi connectivity index (χ4v) is 1.40. The van der Waals surface area contributed by atoms with E-state index in [1.807, 2.05) is 13.8 Å². The Morgan fingerprint density at radius 2 is 2.25 bits per heavy atom. The molecule has 0 aliphatic rings. The molecule has 0 bridgehead atoms. The van der Waals surface area contributed by atoms with E-state index in [0.29, 0.717) is 12.4 Å². The van der Waals surface area contributed by atoms with Crippen molar-refractivity contribution in [1.82, 2.24) is 20.2 Å². The molecule has 16 heavy (non-hydrogen) atoms. The summed E-state index contributed by atoms with van der Waals surface area (Å²) in [5.74, 6) is -0.231. The van der Waals surface area contributed by atoms with Gasteiger partial charge in [0.25, 0.3) is 0 Å². The molecule has 1 aromatic rings. The standard InChI is InChI=1S/C9H16N4O3/c1-6(4-8(14)15)5-13-9(7(2)16-3)10-11-12-13/h6-7H,4-5H2,1-3H3,(H,14,15). The molecule has 0 saturated carbocycles. The van der Waals surface area contributed by atoms with Gasteiger partial charge in [0.15, 0.2) is 5.82 Å². The van der Waals surface area contributed by atoms with E-state index in [1.165, 1.54) is 0 Å². The number of tetrazole rings is 1. The predicted octanol–water partition coefficient (Wildman–Crippen LogP) is 0.491. The van der Waals surface area contributed by atoms with Crippen molar-refractivity contribution in [3.05, 3.63) is 5.82 Å². The summed E-state index contributed by atoms with van der Waals surface area (Å²) >= 11 is 0. The van der Waals surface area contributed by atoms with Crippen LogP contribution in [-0.4, -0.2) is 38.4 Å². The molecular weight excluding hydrogens is 212 g/mol. The lowest BCUT2D eigenvalue weighted by Crippen LogP contribution is -2.17. The molecule has 0 fully saturated rings. The van der Waals surface area contributed by atoms with E-state index in [0.717, 1.165) is 0 Å². The van der Waals surface area contributed by atoms with E-state index in [2.05, 4.69) is 15.5 Å². The fraction of sp³-hybridized carbons (Fsp3) is 0.778. The monoisotopic (exact) mass is 228 g/mol. The summed E-state index contributed by atoms with van der Waals surface area (Å²) in [6.45, 7) is 4.16. The zero-order valence-corrected chi connectivity index (χ0v) is 9.62. The summed E-state index contributed by atoms with van der Waals surface area (Å²) < 4.78 is 6.70. The molecule has 0 aliphatic heterocycles. The van der Waals surface area contributed by atoms with Gasteiger partial charge in [-0.15, -0.1) is 5.10 Å². The van der Waals surface area contributed by atoms with Crippen molar-refractivity contribution in [2.75, 3.05) is 7.11 Å². The first-order valence-corrected chi connectivity index (χ1v) is 5.05. The number of nitrogens with zero attached hydrogens (tertiary/aromatic N) is 4. The third kappa shape index (κ3) is 3.27. The van der Waals surface area contributed by atoms with Gasteiger partial charge >= 0.3 is 5.97 Å². The van der Waals surface area contributed by atoms with Gasteiger partial charge in [0.2, 0.25) is 0 Å². The Hall–Kier alpha value is -1.50. The van der Waals surface area contributed by atoms with Crippen molar-refractivity contribution < 1.29 is 14.6 Å². The van der Waals surface area contributed by atoms with E-state index >= 15 is 0 Å². The largest absolute Gasteiger partial charge is 0.481 e. The lowest BCUT2D eigenvalue weighted by molar-refractivity contribution is -0.138. The van der Waals surface area contributed by atoms with Crippen LogP contribution in [0.1, 0.15) is 32.2 Å². The summed E-state index contributed by atoms with van der Waals surface area (Å²) in [5, 5.41) is 19.9. The molecule has 1 N–H and O–H groups in total. The van der Waals surface area contributed by atoms with Crippen LogP contribution in [0.4, 0.5) is 0 Å². The average molecular weight is 228 g/mol. The SMILES string of the molecule is COC(C)c1nnnn1CC(C)CC(=O)O. The zero-order chi connectivity index (χ0) is 12.1. The van der Waals surface area contributed by atoms with Crippen molar-refractivity contribution in [1.29, 1.82) is 0 Å². The van der Waals surface area contributed by atoms with E-state index in [1.54, 1.807) is 11.8 Å². The van der Waals surface area contributed by atoms with E-state index in [9.17, 15) is 4.79 Å². The van der Waals surface area contributed by atoms with E-state index < -0.39 is 5.97 Å². The van der Waals surface area contributed by atoms with Crippen LogP contribution in [0, 0.1) is 5.92 Å². The van der Waals surface area contributed by atoms with Crippen LogP contribution in [0.2, 0.25) is 0 Å². The number of methoxy groups -OCH3 is 1. The van der Waals surface area contributed by atoms with Crippen molar-refractivity contribution >= 4 is 5.97 Å². The summed E-state index contributed by atoms with van der Waals surface area (Å²) in [4.78, 5) is 10.5. The van der Waals surface area contributed by atoms with Crippen LogP contribution in [-0.2, 0) is 16.1 Å². The summed E-state index contributed by atoms with van der Waals surface area (Å²) in [6, 6.07) is 0. The molecule has 2 unspecified atom stereocenters. The maximum absolute atomic E-state index is 10.5. The van der Waals surface area contributed by atoms with Crippen LogP contribution in [0.25, 0.3) is 0 Å². The Balaban J connectivity index is 2.66. The molecule has 0 saturated heterocycles.